The van der Waals surface area contributed by atoms with Crippen molar-refractivity contribution >= 4 is 23.4 Å². The molecule has 7 heteroatoms. The second-order valence-corrected chi connectivity index (χ2v) is 6.24. The zero-order chi connectivity index (χ0) is 17.0. The Bertz CT molecular complexity index is 594. The fraction of sp³-hybridized carbons (Fsp3) is 0.500. The molecule has 1 aliphatic rings. The summed E-state index contributed by atoms with van der Waals surface area (Å²) < 4.78 is 5.52. The fourth-order valence-corrected chi connectivity index (χ4v) is 2.89. The molecular formula is C16H22ClN3O3. The summed E-state index contributed by atoms with van der Waals surface area (Å²) in [5.74, 6) is 0.553. The third-order valence-electron chi connectivity index (χ3n) is 3.85. The van der Waals surface area contributed by atoms with Crippen molar-refractivity contribution in [2.24, 2.45) is 11.7 Å². The van der Waals surface area contributed by atoms with Crippen LogP contribution < -0.4 is 10.5 Å². The number of hydrogen-bond donors (Lipinski definition) is 1. The molecule has 0 radical (unpaired) electrons. The lowest BCUT2D eigenvalue weighted by Gasteiger charge is -2.22. The lowest BCUT2D eigenvalue weighted by molar-refractivity contribution is -0.126. The Kier molecular flexibility index (Phi) is 5.85. The summed E-state index contributed by atoms with van der Waals surface area (Å²) in [4.78, 5) is 27.6. The quantitative estimate of drug-likeness (QED) is 0.845. The van der Waals surface area contributed by atoms with Gasteiger partial charge in [0.05, 0.1) is 5.56 Å². The van der Waals surface area contributed by atoms with Gasteiger partial charge in [-0.2, -0.15) is 0 Å². The van der Waals surface area contributed by atoms with Crippen LogP contribution in [0.3, 0.4) is 0 Å². The maximum atomic E-state index is 12.7. The number of carbonyl (C=O) groups excluding carboxylic acids is 2. The van der Waals surface area contributed by atoms with Crippen LogP contribution in [0.15, 0.2) is 18.2 Å². The summed E-state index contributed by atoms with van der Waals surface area (Å²) in [6.07, 6.45) is 0.472. The van der Waals surface area contributed by atoms with Crippen molar-refractivity contribution in [3.63, 3.8) is 0 Å². The van der Waals surface area contributed by atoms with E-state index >= 15 is 0 Å². The van der Waals surface area contributed by atoms with E-state index in [0.29, 0.717) is 49.0 Å². The zero-order valence-electron chi connectivity index (χ0n) is 13.4. The number of halogens is 1. The smallest absolute Gasteiger partial charge is 0.257 e. The number of ether oxygens (including phenoxy) is 1. The van der Waals surface area contributed by atoms with E-state index in [0.717, 1.165) is 0 Å². The number of rotatable bonds is 6. The van der Waals surface area contributed by atoms with Gasteiger partial charge < -0.3 is 20.3 Å². The van der Waals surface area contributed by atoms with Crippen LogP contribution in [0, 0.1) is 5.92 Å². The van der Waals surface area contributed by atoms with Crippen LogP contribution in [-0.4, -0.2) is 62.0 Å². The highest BCUT2D eigenvalue weighted by molar-refractivity contribution is 6.31. The average Bonchev–Trinajstić information content (AvgIpc) is 2.83. The largest absolute Gasteiger partial charge is 0.491 e. The van der Waals surface area contributed by atoms with Gasteiger partial charge in [-0.3, -0.25) is 9.59 Å². The number of nitrogens with two attached hydrogens (primary N) is 1. The molecule has 0 saturated carbocycles. The van der Waals surface area contributed by atoms with E-state index in [1.54, 1.807) is 42.1 Å². The third-order valence-corrected chi connectivity index (χ3v) is 4.08. The Hall–Kier alpha value is -1.79. The molecule has 0 spiro atoms. The van der Waals surface area contributed by atoms with Gasteiger partial charge in [0.25, 0.3) is 5.91 Å². The van der Waals surface area contributed by atoms with Crippen LogP contribution in [0.25, 0.3) is 0 Å². The Morgan fingerprint density at radius 2 is 2.26 bits per heavy atom. The van der Waals surface area contributed by atoms with Gasteiger partial charge in [-0.05, 0) is 18.2 Å². The minimum Gasteiger partial charge on any atom is -0.491 e. The van der Waals surface area contributed by atoms with E-state index in [-0.39, 0.29) is 17.7 Å². The van der Waals surface area contributed by atoms with Gasteiger partial charge in [-0.15, -0.1) is 0 Å². The standard InChI is InChI=1S/C16H22ClN3O3/c1-19-9-11(7-15(19)21)10-20(2)16(22)13-8-12(17)3-4-14(13)23-6-5-18/h3-4,8,11H,5-7,9-10,18H2,1-2H3/t11-/m1/s1. The Morgan fingerprint density at radius 3 is 2.87 bits per heavy atom. The van der Waals surface area contributed by atoms with Gasteiger partial charge >= 0.3 is 0 Å². The molecule has 1 aliphatic heterocycles. The highest BCUT2D eigenvalue weighted by Crippen LogP contribution is 2.25. The van der Waals surface area contributed by atoms with Crippen molar-refractivity contribution < 1.29 is 14.3 Å². The summed E-state index contributed by atoms with van der Waals surface area (Å²) in [6, 6.07) is 4.94. The second kappa shape index (κ2) is 7.66. The van der Waals surface area contributed by atoms with E-state index < -0.39 is 0 Å². The number of benzene rings is 1. The van der Waals surface area contributed by atoms with E-state index in [1.807, 2.05) is 0 Å². The summed E-state index contributed by atoms with van der Waals surface area (Å²) in [7, 11) is 3.50. The monoisotopic (exact) mass is 339 g/mol. The van der Waals surface area contributed by atoms with Crippen molar-refractivity contribution in [3.05, 3.63) is 28.8 Å². The second-order valence-electron chi connectivity index (χ2n) is 5.81. The van der Waals surface area contributed by atoms with Crippen LogP contribution in [0.4, 0.5) is 0 Å². The Balaban J connectivity index is 2.09. The van der Waals surface area contributed by atoms with Crippen LogP contribution in [0.2, 0.25) is 5.02 Å². The molecule has 0 aliphatic carbocycles. The molecule has 0 bridgehead atoms. The summed E-state index contributed by atoms with van der Waals surface area (Å²) in [6.45, 7) is 1.87. The van der Waals surface area contributed by atoms with E-state index in [4.69, 9.17) is 22.1 Å². The van der Waals surface area contributed by atoms with Crippen molar-refractivity contribution in [1.29, 1.82) is 0 Å². The van der Waals surface area contributed by atoms with E-state index in [1.165, 1.54) is 0 Å². The van der Waals surface area contributed by atoms with Crippen molar-refractivity contribution in [2.75, 3.05) is 40.3 Å². The summed E-state index contributed by atoms with van der Waals surface area (Å²) >= 11 is 6.01. The van der Waals surface area contributed by atoms with Crippen LogP contribution in [-0.2, 0) is 4.79 Å². The molecule has 1 heterocycles. The fourth-order valence-electron chi connectivity index (χ4n) is 2.72. The first kappa shape index (κ1) is 17.6. The molecule has 2 rings (SSSR count). The maximum Gasteiger partial charge on any atom is 0.257 e. The number of hydrogen-bond acceptors (Lipinski definition) is 4. The lowest BCUT2D eigenvalue weighted by Crippen LogP contribution is -2.33. The molecule has 126 valence electrons. The number of likely N-dealkylation sites (tertiary alicyclic amines) is 1. The molecule has 1 saturated heterocycles. The predicted molar refractivity (Wildman–Crippen MR) is 88.7 cm³/mol. The first-order valence-corrected chi connectivity index (χ1v) is 7.92. The third kappa shape index (κ3) is 4.36. The predicted octanol–water partition coefficient (Wildman–Crippen LogP) is 1.23. The molecule has 1 fully saturated rings. The molecule has 0 unspecified atom stereocenters. The van der Waals surface area contributed by atoms with Gasteiger partial charge in [0.2, 0.25) is 5.91 Å². The molecule has 2 amide bonds. The SMILES string of the molecule is CN1C[C@H](CN(C)C(=O)c2cc(Cl)ccc2OCCN)CC1=O. The molecule has 1 aromatic rings. The van der Waals surface area contributed by atoms with Gasteiger partial charge in [-0.1, -0.05) is 11.6 Å². The zero-order valence-corrected chi connectivity index (χ0v) is 14.2. The summed E-state index contributed by atoms with van der Waals surface area (Å²) in [5, 5.41) is 0.470. The normalized spacial score (nSPS) is 17.5. The average molecular weight is 340 g/mol. The maximum absolute atomic E-state index is 12.7. The first-order chi connectivity index (χ1) is 10.9. The molecule has 1 aromatic carbocycles. The minimum atomic E-state index is -0.179. The van der Waals surface area contributed by atoms with Gasteiger partial charge in [-0.25, -0.2) is 0 Å². The van der Waals surface area contributed by atoms with E-state index in [2.05, 4.69) is 0 Å². The minimum absolute atomic E-state index is 0.116. The number of carbonyl (C=O) groups is 2. The molecule has 0 aromatic heterocycles. The van der Waals surface area contributed by atoms with Gasteiger partial charge in [0.15, 0.2) is 0 Å². The van der Waals surface area contributed by atoms with Crippen molar-refractivity contribution in [1.82, 2.24) is 9.80 Å². The summed E-state index contributed by atoms with van der Waals surface area (Å²) in [5.41, 5.74) is 5.85. The van der Waals surface area contributed by atoms with Crippen LogP contribution in [0.1, 0.15) is 16.8 Å². The molecular weight excluding hydrogens is 318 g/mol. The lowest BCUT2D eigenvalue weighted by atomic mass is 10.1. The highest BCUT2D eigenvalue weighted by Gasteiger charge is 2.29. The first-order valence-electron chi connectivity index (χ1n) is 7.54. The Morgan fingerprint density at radius 1 is 1.52 bits per heavy atom. The highest BCUT2D eigenvalue weighted by atomic mass is 35.5. The van der Waals surface area contributed by atoms with E-state index in [9.17, 15) is 9.59 Å². The van der Waals surface area contributed by atoms with Crippen molar-refractivity contribution in [2.45, 2.75) is 6.42 Å². The van der Waals surface area contributed by atoms with Gasteiger partial charge in [0.1, 0.15) is 12.4 Å². The van der Waals surface area contributed by atoms with Gasteiger partial charge in [0, 0.05) is 51.1 Å². The number of nitrogens with zero attached hydrogens (tertiary/aromatic N) is 2. The molecule has 1 atom stereocenters. The Labute approximate surface area is 141 Å². The molecule has 23 heavy (non-hydrogen) atoms. The molecule has 6 nitrogen and oxygen atoms in total. The number of amides is 2. The topological polar surface area (TPSA) is 75.9 Å². The van der Waals surface area contributed by atoms with Crippen LogP contribution in [0.5, 0.6) is 5.75 Å². The molecule has 2 N–H and O–H groups in total. The van der Waals surface area contributed by atoms with Crippen LogP contribution >= 0.6 is 11.6 Å². The van der Waals surface area contributed by atoms with Crippen molar-refractivity contribution in [3.8, 4) is 5.75 Å².